The van der Waals surface area contributed by atoms with Crippen LogP contribution >= 0.6 is 0 Å². The molecule has 0 radical (unpaired) electrons. The average molecular weight is 145 g/mol. The fourth-order valence-electron chi connectivity index (χ4n) is 0.820. The smallest absolute Gasteiger partial charge is 0.326 e. The quantitative estimate of drug-likeness (QED) is 0.411. The number of hydrogen-bond acceptors (Lipinski definition) is 3. The normalized spacial score (nSPS) is 31.9. The summed E-state index contributed by atoms with van der Waals surface area (Å²) < 4.78 is 0. The highest BCUT2D eigenvalue weighted by Gasteiger charge is 2.34. The molecule has 1 heterocycles. The van der Waals surface area contributed by atoms with Crippen LogP contribution in [0.1, 0.15) is 6.42 Å². The van der Waals surface area contributed by atoms with Crippen LogP contribution in [-0.2, 0) is 9.59 Å². The second-order valence-corrected chi connectivity index (χ2v) is 2.15. The maximum atomic E-state index is 10.5. The number of nitrogens with one attached hydrogen (secondary N) is 1. The van der Waals surface area contributed by atoms with Crippen molar-refractivity contribution >= 4 is 11.9 Å². The first-order chi connectivity index (χ1) is 4.61. The molecule has 0 aromatic rings. The fraction of sp³-hybridized carbons (Fsp3) is 0.600. The number of carbonyl (C=O) groups is 2. The zero-order chi connectivity index (χ0) is 7.72. The second-order valence-electron chi connectivity index (χ2n) is 2.15. The van der Waals surface area contributed by atoms with Gasteiger partial charge in [0.25, 0.3) is 0 Å². The first-order valence-corrected chi connectivity index (χ1v) is 2.82. The van der Waals surface area contributed by atoms with Crippen LogP contribution in [0.2, 0.25) is 0 Å². The minimum atomic E-state index is -1.15. The van der Waals surface area contributed by atoms with Crippen LogP contribution in [-0.4, -0.2) is 34.2 Å². The molecule has 1 aliphatic heterocycles. The molecular weight excluding hydrogens is 138 g/mol. The Morgan fingerprint density at radius 1 is 1.70 bits per heavy atom. The highest BCUT2D eigenvalue weighted by molar-refractivity contribution is 5.90. The molecule has 1 fully saturated rings. The van der Waals surface area contributed by atoms with Crippen molar-refractivity contribution in [1.29, 1.82) is 0 Å². The summed E-state index contributed by atoms with van der Waals surface area (Å²) in [5, 5.41) is 19.2. The summed E-state index contributed by atoms with van der Waals surface area (Å²) >= 11 is 0. The molecule has 2 atom stereocenters. The van der Waals surface area contributed by atoms with Crippen molar-refractivity contribution < 1.29 is 19.8 Å². The predicted molar refractivity (Wildman–Crippen MR) is 30.2 cm³/mol. The summed E-state index contributed by atoms with van der Waals surface area (Å²) in [7, 11) is 0. The zero-order valence-corrected chi connectivity index (χ0v) is 5.07. The first-order valence-electron chi connectivity index (χ1n) is 2.82. The third kappa shape index (κ3) is 1.08. The third-order valence-corrected chi connectivity index (χ3v) is 1.38. The van der Waals surface area contributed by atoms with Gasteiger partial charge in [-0.2, -0.15) is 0 Å². The zero-order valence-electron chi connectivity index (χ0n) is 5.07. The molecule has 56 valence electrons. The number of amides is 1. The molecular formula is C5H7NO4. The van der Waals surface area contributed by atoms with E-state index < -0.39 is 24.0 Å². The summed E-state index contributed by atoms with van der Waals surface area (Å²) in [6.45, 7) is 0. The van der Waals surface area contributed by atoms with Gasteiger partial charge in [-0.1, -0.05) is 0 Å². The van der Waals surface area contributed by atoms with Crippen LogP contribution in [0, 0.1) is 0 Å². The number of aliphatic carboxylic acids is 1. The van der Waals surface area contributed by atoms with Crippen molar-refractivity contribution in [2.75, 3.05) is 0 Å². The van der Waals surface area contributed by atoms with Gasteiger partial charge < -0.3 is 15.5 Å². The van der Waals surface area contributed by atoms with Crippen molar-refractivity contribution in [3.05, 3.63) is 0 Å². The van der Waals surface area contributed by atoms with Crippen LogP contribution in [0.25, 0.3) is 0 Å². The van der Waals surface area contributed by atoms with Crippen LogP contribution in [0.4, 0.5) is 0 Å². The molecule has 0 aliphatic carbocycles. The number of rotatable bonds is 1. The van der Waals surface area contributed by atoms with E-state index in [0.29, 0.717) is 0 Å². The average Bonchev–Trinajstić information content (AvgIpc) is 2.13. The van der Waals surface area contributed by atoms with E-state index in [1.54, 1.807) is 0 Å². The van der Waals surface area contributed by atoms with Crippen molar-refractivity contribution in [2.45, 2.75) is 18.6 Å². The van der Waals surface area contributed by atoms with Crippen molar-refractivity contribution in [3.8, 4) is 0 Å². The number of carboxylic acids is 1. The van der Waals surface area contributed by atoms with E-state index in [1.807, 2.05) is 0 Å². The lowest BCUT2D eigenvalue weighted by atomic mass is 10.2. The molecule has 0 aromatic heterocycles. The monoisotopic (exact) mass is 145 g/mol. The number of aliphatic hydroxyl groups excluding tert-OH is 1. The summed E-state index contributed by atoms with van der Waals surface area (Å²) in [5.41, 5.74) is 0. The van der Waals surface area contributed by atoms with Crippen LogP contribution in [0.3, 0.4) is 0 Å². The highest BCUT2D eigenvalue weighted by atomic mass is 16.4. The Morgan fingerprint density at radius 2 is 2.30 bits per heavy atom. The van der Waals surface area contributed by atoms with Gasteiger partial charge in [0.1, 0.15) is 12.1 Å². The second kappa shape index (κ2) is 2.26. The maximum absolute atomic E-state index is 10.5. The first kappa shape index (κ1) is 7.01. The standard InChI is InChI=1S/C5H7NO4/c7-3-1-2(5(9)10)6-4(3)8/h2-3,7H,1H2,(H,6,8)(H,9,10)/t2-,3+/m0/s1. The Kier molecular flexibility index (Phi) is 1.58. The largest absolute Gasteiger partial charge is 0.480 e. The predicted octanol–water partition coefficient (Wildman–Crippen LogP) is -1.68. The van der Waals surface area contributed by atoms with Gasteiger partial charge in [0.05, 0.1) is 0 Å². The Balaban J connectivity index is 2.57. The van der Waals surface area contributed by atoms with Crippen LogP contribution in [0.5, 0.6) is 0 Å². The molecule has 0 saturated carbocycles. The van der Waals surface area contributed by atoms with Gasteiger partial charge in [0.2, 0.25) is 5.91 Å². The van der Waals surface area contributed by atoms with Crippen molar-refractivity contribution in [2.24, 2.45) is 0 Å². The van der Waals surface area contributed by atoms with E-state index in [9.17, 15) is 9.59 Å². The highest BCUT2D eigenvalue weighted by Crippen LogP contribution is 2.06. The van der Waals surface area contributed by atoms with Gasteiger partial charge in [-0.15, -0.1) is 0 Å². The third-order valence-electron chi connectivity index (χ3n) is 1.38. The molecule has 0 bridgehead atoms. The topological polar surface area (TPSA) is 86.6 Å². The molecule has 5 heteroatoms. The van der Waals surface area contributed by atoms with E-state index in [4.69, 9.17) is 10.2 Å². The number of carboxylic acid groups (broad SMARTS) is 1. The summed E-state index contributed by atoms with van der Waals surface area (Å²) in [6, 6.07) is -0.914. The van der Waals surface area contributed by atoms with Gasteiger partial charge in [-0.05, 0) is 0 Å². The molecule has 0 aromatic carbocycles. The molecule has 10 heavy (non-hydrogen) atoms. The van der Waals surface area contributed by atoms with Gasteiger partial charge in [0.15, 0.2) is 0 Å². The van der Waals surface area contributed by atoms with Crippen molar-refractivity contribution in [1.82, 2.24) is 5.32 Å². The number of carbonyl (C=O) groups excluding carboxylic acids is 1. The summed E-state index contributed by atoms with van der Waals surface area (Å²) in [4.78, 5) is 20.6. The van der Waals surface area contributed by atoms with E-state index in [2.05, 4.69) is 5.32 Å². The Hall–Kier alpha value is -1.10. The minimum Gasteiger partial charge on any atom is -0.480 e. The molecule has 0 spiro atoms. The summed E-state index contributed by atoms with van der Waals surface area (Å²) in [6.07, 6.45) is -1.19. The Labute approximate surface area is 56.7 Å². The van der Waals surface area contributed by atoms with Gasteiger partial charge in [-0.3, -0.25) is 4.79 Å². The molecule has 1 amide bonds. The fourth-order valence-corrected chi connectivity index (χ4v) is 0.820. The van der Waals surface area contributed by atoms with Crippen LogP contribution in [0.15, 0.2) is 0 Å². The van der Waals surface area contributed by atoms with E-state index in [0.717, 1.165) is 0 Å². The SMILES string of the molecule is O=C1N[C@H](C(=O)O)C[C@H]1O. The maximum Gasteiger partial charge on any atom is 0.326 e. The van der Waals surface area contributed by atoms with Gasteiger partial charge >= 0.3 is 5.97 Å². The molecule has 3 N–H and O–H groups in total. The molecule has 1 aliphatic rings. The molecule has 0 unspecified atom stereocenters. The molecule has 5 nitrogen and oxygen atoms in total. The number of hydrogen-bond donors (Lipinski definition) is 3. The lowest BCUT2D eigenvalue weighted by Crippen LogP contribution is -2.33. The van der Waals surface area contributed by atoms with E-state index in [1.165, 1.54) is 0 Å². The summed E-state index contributed by atoms with van der Waals surface area (Å²) in [5.74, 6) is -1.71. The van der Waals surface area contributed by atoms with Gasteiger partial charge in [-0.25, -0.2) is 4.79 Å². The lowest BCUT2D eigenvalue weighted by Gasteiger charge is -1.99. The van der Waals surface area contributed by atoms with E-state index in [-0.39, 0.29) is 6.42 Å². The Bertz CT molecular complexity index is 178. The van der Waals surface area contributed by atoms with E-state index >= 15 is 0 Å². The molecule has 1 rings (SSSR count). The van der Waals surface area contributed by atoms with Gasteiger partial charge in [0, 0.05) is 6.42 Å². The Morgan fingerprint density at radius 3 is 2.50 bits per heavy atom. The minimum absolute atomic E-state index is 0.0336. The van der Waals surface area contributed by atoms with Crippen molar-refractivity contribution in [3.63, 3.8) is 0 Å². The molecule has 1 saturated heterocycles. The van der Waals surface area contributed by atoms with Crippen LogP contribution < -0.4 is 5.32 Å². The lowest BCUT2D eigenvalue weighted by molar-refractivity contribution is -0.140. The number of aliphatic hydroxyl groups is 1.